The molecule has 0 atom stereocenters. The van der Waals surface area contributed by atoms with Gasteiger partial charge in [0.15, 0.2) is 0 Å². The van der Waals surface area contributed by atoms with E-state index in [1.54, 1.807) is 31.3 Å². The van der Waals surface area contributed by atoms with E-state index in [4.69, 9.17) is 15.2 Å². The van der Waals surface area contributed by atoms with Crippen LogP contribution in [0, 0.1) is 0 Å². The summed E-state index contributed by atoms with van der Waals surface area (Å²) in [5.41, 5.74) is 6.95. The zero-order valence-electron chi connectivity index (χ0n) is 12.1. The van der Waals surface area contributed by atoms with Crippen LogP contribution >= 0.6 is 0 Å². The van der Waals surface area contributed by atoms with Gasteiger partial charge in [-0.25, -0.2) is 0 Å². The molecular formula is C16H18N2O3. The van der Waals surface area contributed by atoms with Crippen LogP contribution in [-0.2, 0) is 4.79 Å². The number of rotatable bonds is 6. The Labute approximate surface area is 123 Å². The van der Waals surface area contributed by atoms with Crippen molar-refractivity contribution in [2.45, 2.75) is 0 Å². The maximum absolute atomic E-state index is 11.4. The SMILES string of the molecule is COc1ccc(OC)c(N(CC(N)=O)c2ccccc2)c1. The number of methoxy groups -OCH3 is 2. The molecule has 0 aliphatic rings. The van der Waals surface area contributed by atoms with E-state index >= 15 is 0 Å². The fourth-order valence-electron chi connectivity index (χ4n) is 2.09. The number of nitrogens with zero attached hydrogens (tertiary/aromatic N) is 1. The topological polar surface area (TPSA) is 64.8 Å². The van der Waals surface area contributed by atoms with Crippen molar-refractivity contribution in [3.8, 4) is 11.5 Å². The van der Waals surface area contributed by atoms with Crippen molar-refractivity contribution < 1.29 is 14.3 Å². The molecule has 21 heavy (non-hydrogen) atoms. The lowest BCUT2D eigenvalue weighted by atomic mass is 10.2. The minimum Gasteiger partial charge on any atom is -0.497 e. The van der Waals surface area contributed by atoms with Gasteiger partial charge in [0.25, 0.3) is 0 Å². The molecule has 0 fully saturated rings. The summed E-state index contributed by atoms with van der Waals surface area (Å²) in [4.78, 5) is 13.2. The van der Waals surface area contributed by atoms with Crippen molar-refractivity contribution in [3.05, 3.63) is 48.5 Å². The Kier molecular flexibility index (Phi) is 4.66. The van der Waals surface area contributed by atoms with Gasteiger partial charge in [-0.3, -0.25) is 4.79 Å². The smallest absolute Gasteiger partial charge is 0.237 e. The second-order valence-electron chi connectivity index (χ2n) is 4.43. The van der Waals surface area contributed by atoms with Crippen molar-refractivity contribution in [3.63, 3.8) is 0 Å². The number of ether oxygens (including phenoxy) is 2. The summed E-state index contributed by atoms with van der Waals surface area (Å²) in [5.74, 6) is 0.890. The van der Waals surface area contributed by atoms with Crippen LogP contribution in [0.5, 0.6) is 11.5 Å². The summed E-state index contributed by atoms with van der Waals surface area (Å²) < 4.78 is 10.6. The van der Waals surface area contributed by atoms with Gasteiger partial charge in [-0.2, -0.15) is 0 Å². The third kappa shape index (κ3) is 3.45. The number of nitrogens with two attached hydrogens (primary N) is 1. The normalized spacial score (nSPS) is 10.0. The molecule has 0 heterocycles. The molecule has 2 aromatic rings. The monoisotopic (exact) mass is 286 g/mol. The van der Waals surface area contributed by atoms with Crippen LogP contribution in [-0.4, -0.2) is 26.7 Å². The Morgan fingerprint density at radius 3 is 2.38 bits per heavy atom. The molecule has 0 saturated heterocycles. The van der Waals surface area contributed by atoms with E-state index in [9.17, 15) is 4.79 Å². The number of hydrogen-bond donors (Lipinski definition) is 1. The van der Waals surface area contributed by atoms with Gasteiger partial charge in [0, 0.05) is 11.8 Å². The summed E-state index contributed by atoms with van der Waals surface area (Å²) in [7, 11) is 3.17. The van der Waals surface area contributed by atoms with E-state index in [1.165, 1.54) is 0 Å². The third-order valence-corrected chi connectivity index (χ3v) is 3.06. The summed E-state index contributed by atoms with van der Waals surface area (Å²) in [6.45, 7) is 0.0491. The Bertz CT molecular complexity index is 614. The van der Waals surface area contributed by atoms with Gasteiger partial charge >= 0.3 is 0 Å². The molecule has 2 rings (SSSR count). The van der Waals surface area contributed by atoms with Gasteiger partial charge in [-0.05, 0) is 24.3 Å². The summed E-state index contributed by atoms with van der Waals surface area (Å²) in [6.07, 6.45) is 0. The number of carbonyl (C=O) groups excluding carboxylic acids is 1. The lowest BCUT2D eigenvalue weighted by Gasteiger charge is -2.25. The van der Waals surface area contributed by atoms with Crippen LogP contribution in [0.1, 0.15) is 0 Å². The quantitative estimate of drug-likeness (QED) is 0.885. The molecule has 5 heteroatoms. The van der Waals surface area contributed by atoms with Crippen molar-refractivity contribution >= 4 is 17.3 Å². The molecule has 0 aliphatic heterocycles. The van der Waals surface area contributed by atoms with Crippen LogP contribution in [0.15, 0.2) is 48.5 Å². The first-order valence-corrected chi connectivity index (χ1v) is 6.48. The average molecular weight is 286 g/mol. The minimum absolute atomic E-state index is 0.0491. The average Bonchev–Trinajstić information content (AvgIpc) is 2.52. The predicted octanol–water partition coefficient (Wildman–Crippen LogP) is 2.33. The maximum Gasteiger partial charge on any atom is 0.237 e. The summed E-state index contributed by atoms with van der Waals surface area (Å²) in [6, 6.07) is 14.9. The summed E-state index contributed by atoms with van der Waals surface area (Å²) >= 11 is 0. The van der Waals surface area contributed by atoms with Gasteiger partial charge < -0.3 is 20.1 Å². The van der Waals surface area contributed by atoms with Crippen LogP contribution in [0.2, 0.25) is 0 Å². The van der Waals surface area contributed by atoms with Crippen molar-refractivity contribution in [2.75, 3.05) is 25.7 Å². The number of benzene rings is 2. The van der Waals surface area contributed by atoms with Crippen LogP contribution in [0.4, 0.5) is 11.4 Å². The molecule has 2 N–H and O–H groups in total. The first-order chi connectivity index (χ1) is 10.2. The van der Waals surface area contributed by atoms with E-state index in [0.717, 1.165) is 11.4 Å². The predicted molar refractivity (Wildman–Crippen MR) is 82.2 cm³/mol. The molecule has 0 unspecified atom stereocenters. The van der Waals surface area contributed by atoms with Crippen LogP contribution in [0.25, 0.3) is 0 Å². The second-order valence-corrected chi connectivity index (χ2v) is 4.43. The first kappa shape index (κ1) is 14.7. The molecule has 2 aromatic carbocycles. The first-order valence-electron chi connectivity index (χ1n) is 6.48. The molecule has 0 aliphatic carbocycles. The highest BCUT2D eigenvalue weighted by atomic mass is 16.5. The van der Waals surface area contributed by atoms with Gasteiger partial charge in [-0.1, -0.05) is 18.2 Å². The number of carbonyl (C=O) groups is 1. The molecule has 5 nitrogen and oxygen atoms in total. The van der Waals surface area contributed by atoms with Crippen molar-refractivity contribution in [2.24, 2.45) is 5.73 Å². The number of anilines is 2. The van der Waals surface area contributed by atoms with Gasteiger partial charge in [0.1, 0.15) is 18.0 Å². The molecular weight excluding hydrogens is 268 g/mol. The van der Waals surface area contributed by atoms with Gasteiger partial charge in [0.2, 0.25) is 5.91 Å². The van der Waals surface area contributed by atoms with E-state index in [0.29, 0.717) is 11.5 Å². The number of primary amides is 1. The van der Waals surface area contributed by atoms with Crippen LogP contribution < -0.4 is 20.1 Å². The molecule has 110 valence electrons. The fraction of sp³-hybridized carbons (Fsp3) is 0.188. The highest BCUT2D eigenvalue weighted by Crippen LogP contribution is 2.36. The Hall–Kier alpha value is -2.69. The largest absolute Gasteiger partial charge is 0.497 e. The maximum atomic E-state index is 11.4. The molecule has 0 spiro atoms. The fourth-order valence-corrected chi connectivity index (χ4v) is 2.09. The Morgan fingerprint density at radius 2 is 1.81 bits per heavy atom. The molecule has 0 saturated carbocycles. The standard InChI is InChI=1S/C16H18N2O3/c1-20-13-8-9-15(21-2)14(10-13)18(11-16(17)19)12-6-4-3-5-7-12/h3-10H,11H2,1-2H3,(H2,17,19). The number of amides is 1. The lowest BCUT2D eigenvalue weighted by molar-refractivity contribution is -0.116. The zero-order valence-corrected chi connectivity index (χ0v) is 12.1. The van der Waals surface area contributed by atoms with Gasteiger partial charge in [-0.15, -0.1) is 0 Å². The highest BCUT2D eigenvalue weighted by Gasteiger charge is 2.17. The number of hydrogen-bond acceptors (Lipinski definition) is 4. The number of para-hydroxylation sites is 1. The third-order valence-electron chi connectivity index (χ3n) is 3.06. The Morgan fingerprint density at radius 1 is 1.10 bits per heavy atom. The highest BCUT2D eigenvalue weighted by molar-refractivity contribution is 5.84. The zero-order chi connectivity index (χ0) is 15.2. The minimum atomic E-state index is -0.427. The summed E-state index contributed by atoms with van der Waals surface area (Å²) in [5, 5.41) is 0. The second kappa shape index (κ2) is 6.65. The molecule has 0 radical (unpaired) electrons. The van der Waals surface area contributed by atoms with Gasteiger partial charge in [0.05, 0.1) is 19.9 Å². The van der Waals surface area contributed by atoms with E-state index in [1.807, 2.05) is 36.4 Å². The Balaban J connectivity index is 2.52. The van der Waals surface area contributed by atoms with E-state index in [2.05, 4.69) is 0 Å². The van der Waals surface area contributed by atoms with Crippen LogP contribution in [0.3, 0.4) is 0 Å². The molecule has 1 amide bonds. The van der Waals surface area contributed by atoms with E-state index < -0.39 is 5.91 Å². The molecule has 0 bridgehead atoms. The van der Waals surface area contributed by atoms with Crippen molar-refractivity contribution in [1.29, 1.82) is 0 Å². The lowest BCUT2D eigenvalue weighted by Crippen LogP contribution is -2.30. The van der Waals surface area contributed by atoms with Crippen molar-refractivity contribution in [1.82, 2.24) is 0 Å². The van der Waals surface area contributed by atoms with E-state index in [-0.39, 0.29) is 6.54 Å². The molecule has 0 aromatic heterocycles.